The van der Waals surface area contributed by atoms with Crippen molar-refractivity contribution < 1.29 is 19.8 Å². The van der Waals surface area contributed by atoms with Crippen LogP contribution >= 0.6 is 0 Å². The monoisotopic (exact) mass is 220 g/mol. The lowest BCUT2D eigenvalue weighted by atomic mass is 9.95. The predicted molar refractivity (Wildman–Crippen MR) is 56.4 cm³/mol. The topological polar surface area (TPSA) is 74.6 Å². The molecule has 0 radical (unpaired) electrons. The minimum atomic E-state index is -1.45. The van der Waals surface area contributed by atoms with Gasteiger partial charge in [0.25, 0.3) is 5.78 Å². The van der Waals surface area contributed by atoms with E-state index in [4.69, 9.17) is 5.11 Å². The highest BCUT2D eigenvalue weighted by Crippen LogP contribution is 2.47. The molecule has 1 fully saturated rings. The first-order valence-corrected chi connectivity index (χ1v) is 5.08. The average Bonchev–Trinajstić information content (AvgIpc) is 3.09. The average molecular weight is 220 g/mol. The van der Waals surface area contributed by atoms with Crippen molar-refractivity contribution >= 4 is 11.8 Å². The number of hydrogen-bond acceptors (Lipinski definition) is 3. The summed E-state index contributed by atoms with van der Waals surface area (Å²) in [6, 6.07) is 6.45. The Morgan fingerprint density at radius 2 is 1.75 bits per heavy atom. The Morgan fingerprint density at radius 3 is 2.12 bits per heavy atom. The number of carboxylic acid groups (broad SMARTS) is 1. The summed E-state index contributed by atoms with van der Waals surface area (Å²) >= 11 is 0. The number of aliphatic carboxylic acids is 1. The number of carbonyl (C=O) groups excluding carboxylic acids is 1. The molecule has 0 unspecified atom stereocenters. The van der Waals surface area contributed by atoms with Gasteiger partial charge in [0.15, 0.2) is 0 Å². The van der Waals surface area contributed by atoms with E-state index in [2.05, 4.69) is 0 Å². The second-order valence-electron chi connectivity index (χ2n) is 4.15. The summed E-state index contributed by atoms with van der Waals surface area (Å²) in [7, 11) is 0. The molecule has 1 aromatic rings. The lowest BCUT2D eigenvalue weighted by Crippen LogP contribution is -2.14. The first-order chi connectivity index (χ1) is 7.59. The molecule has 0 aliphatic heterocycles. The second kappa shape index (κ2) is 3.72. The maximum Gasteiger partial charge on any atom is 0.377 e. The van der Waals surface area contributed by atoms with E-state index in [-0.39, 0.29) is 17.6 Å². The molecule has 2 rings (SSSR count). The van der Waals surface area contributed by atoms with Gasteiger partial charge >= 0.3 is 5.97 Å². The van der Waals surface area contributed by atoms with E-state index in [0.717, 1.165) is 18.4 Å². The molecule has 0 atom stereocenters. The zero-order valence-electron chi connectivity index (χ0n) is 8.64. The molecule has 0 bridgehead atoms. The standard InChI is InChI=1S/C12H12O4/c13-7-12(5-6-12)9-3-1-8(2-4-9)10(14)11(15)16/h1-4,13H,5-7H2,(H,15,16). The van der Waals surface area contributed by atoms with E-state index in [1.165, 1.54) is 12.1 Å². The zero-order chi connectivity index (χ0) is 11.8. The van der Waals surface area contributed by atoms with Gasteiger partial charge in [0.1, 0.15) is 0 Å². The van der Waals surface area contributed by atoms with E-state index < -0.39 is 11.8 Å². The van der Waals surface area contributed by atoms with Crippen molar-refractivity contribution in [2.45, 2.75) is 18.3 Å². The lowest BCUT2D eigenvalue weighted by molar-refractivity contribution is -0.131. The van der Waals surface area contributed by atoms with Crippen molar-refractivity contribution in [2.75, 3.05) is 6.61 Å². The first-order valence-electron chi connectivity index (χ1n) is 5.08. The van der Waals surface area contributed by atoms with Crippen LogP contribution in [0.15, 0.2) is 24.3 Å². The molecule has 84 valence electrons. The second-order valence-corrected chi connectivity index (χ2v) is 4.15. The summed E-state index contributed by atoms with van der Waals surface area (Å²) in [4.78, 5) is 21.6. The van der Waals surface area contributed by atoms with Crippen molar-refractivity contribution in [3.63, 3.8) is 0 Å². The molecule has 16 heavy (non-hydrogen) atoms. The lowest BCUT2D eigenvalue weighted by Gasteiger charge is -2.11. The van der Waals surface area contributed by atoms with Crippen LogP contribution in [0.2, 0.25) is 0 Å². The number of aliphatic hydroxyl groups is 1. The molecule has 2 N–H and O–H groups in total. The quantitative estimate of drug-likeness (QED) is 0.586. The molecular formula is C12H12O4. The Kier molecular flexibility index (Phi) is 2.52. The Labute approximate surface area is 92.5 Å². The number of hydrogen-bond donors (Lipinski definition) is 2. The van der Waals surface area contributed by atoms with Gasteiger partial charge in [0, 0.05) is 11.0 Å². The largest absolute Gasteiger partial charge is 0.475 e. The van der Waals surface area contributed by atoms with E-state index in [0.29, 0.717) is 0 Å². The maximum atomic E-state index is 11.1. The normalized spacial score (nSPS) is 16.8. The van der Waals surface area contributed by atoms with Crippen molar-refractivity contribution in [2.24, 2.45) is 0 Å². The number of benzene rings is 1. The van der Waals surface area contributed by atoms with Gasteiger partial charge in [-0.2, -0.15) is 0 Å². The van der Waals surface area contributed by atoms with Gasteiger partial charge in [-0.15, -0.1) is 0 Å². The predicted octanol–water partition coefficient (Wildman–Crippen LogP) is 0.978. The van der Waals surface area contributed by atoms with Gasteiger partial charge in [-0.05, 0) is 18.4 Å². The van der Waals surface area contributed by atoms with Crippen molar-refractivity contribution in [3.8, 4) is 0 Å². The molecule has 4 heteroatoms. The van der Waals surface area contributed by atoms with E-state index >= 15 is 0 Å². The maximum absolute atomic E-state index is 11.1. The molecule has 0 heterocycles. The van der Waals surface area contributed by atoms with Gasteiger partial charge < -0.3 is 10.2 Å². The number of Topliss-reactive ketones (excluding diaryl/α,β-unsaturated/α-hetero) is 1. The third-order valence-electron chi connectivity index (χ3n) is 3.11. The number of ketones is 1. The van der Waals surface area contributed by atoms with Crippen molar-refractivity contribution in [1.29, 1.82) is 0 Å². The number of carbonyl (C=O) groups is 2. The summed E-state index contributed by atoms with van der Waals surface area (Å²) in [5.74, 6) is -2.35. The number of carboxylic acids is 1. The summed E-state index contributed by atoms with van der Waals surface area (Å²) in [6.07, 6.45) is 1.88. The van der Waals surface area contributed by atoms with Crippen LogP contribution in [0.5, 0.6) is 0 Å². The smallest absolute Gasteiger partial charge is 0.377 e. The highest BCUT2D eigenvalue weighted by Gasteiger charge is 2.43. The fourth-order valence-corrected chi connectivity index (χ4v) is 1.79. The minimum absolute atomic E-state index is 0.0965. The third-order valence-corrected chi connectivity index (χ3v) is 3.11. The van der Waals surface area contributed by atoms with Crippen LogP contribution in [0.25, 0.3) is 0 Å². The first kappa shape index (κ1) is 10.8. The Bertz CT molecular complexity index is 429. The Hall–Kier alpha value is -1.68. The molecule has 1 aliphatic carbocycles. The fraction of sp³-hybridized carbons (Fsp3) is 0.333. The molecule has 1 aromatic carbocycles. The van der Waals surface area contributed by atoms with Gasteiger partial charge in [-0.1, -0.05) is 24.3 Å². The van der Waals surface area contributed by atoms with Gasteiger partial charge in [0.2, 0.25) is 0 Å². The van der Waals surface area contributed by atoms with Crippen LogP contribution in [-0.2, 0) is 10.2 Å². The summed E-state index contributed by atoms with van der Waals surface area (Å²) in [5.41, 5.74) is 0.993. The highest BCUT2D eigenvalue weighted by atomic mass is 16.4. The molecular weight excluding hydrogens is 208 g/mol. The van der Waals surface area contributed by atoms with Crippen LogP contribution < -0.4 is 0 Å². The minimum Gasteiger partial charge on any atom is -0.475 e. The van der Waals surface area contributed by atoms with Crippen LogP contribution in [0, 0.1) is 0 Å². The molecule has 0 saturated heterocycles. The molecule has 1 saturated carbocycles. The van der Waals surface area contributed by atoms with E-state index in [1.807, 2.05) is 0 Å². The van der Waals surface area contributed by atoms with Crippen LogP contribution in [0.1, 0.15) is 28.8 Å². The summed E-state index contributed by atoms with van der Waals surface area (Å²) < 4.78 is 0. The van der Waals surface area contributed by atoms with Crippen LogP contribution in [0.3, 0.4) is 0 Å². The molecule has 0 amide bonds. The van der Waals surface area contributed by atoms with Crippen molar-refractivity contribution in [1.82, 2.24) is 0 Å². The van der Waals surface area contributed by atoms with E-state index in [9.17, 15) is 14.7 Å². The van der Waals surface area contributed by atoms with Gasteiger partial charge in [0.05, 0.1) is 6.61 Å². The Morgan fingerprint density at radius 1 is 1.19 bits per heavy atom. The van der Waals surface area contributed by atoms with Crippen molar-refractivity contribution in [3.05, 3.63) is 35.4 Å². The fourth-order valence-electron chi connectivity index (χ4n) is 1.79. The zero-order valence-corrected chi connectivity index (χ0v) is 8.64. The SMILES string of the molecule is O=C(O)C(=O)c1ccc(C2(CO)CC2)cc1. The summed E-state index contributed by atoms with van der Waals surface area (Å²) in [5, 5.41) is 17.7. The van der Waals surface area contributed by atoms with Crippen LogP contribution in [0.4, 0.5) is 0 Å². The van der Waals surface area contributed by atoms with E-state index in [1.54, 1.807) is 12.1 Å². The highest BCUT2D eigenvalue weighted by molar-refractivity contribution is 6.39. The molecule has 4 nitrogen and oxygen atoms in total. The number of aliphatic hydroxyl groups excluding tert-OH is 1. The van der Waals surface area contributed by atoms with Crippen LogP contribution in [-0.4, -0.2) is 28.6 Å². The van der Waals surface area contributed by atoms with Gasteiger partial charge in [-0.3, -0.25) is 4.79 Å². The summed E-state index contributed by atoms with van der Waals surface area (Å²) in [6.45, 7) is 0.0965. The molecule has 0 spiro atoms. The Balaban J connectivity index is 2.23. The molecule has 1 aliphatic rings. The third kappa shape index (κ3) is 1.72. The number of rotatable bonds is 4. The molecule has 0 aromatic heterocycles. The van der Waals surface area contributed by atoms with Gasteiger partial charge in [-0.25, -0.2) is 4.79 Å².